The van der Waals surface area contributed by atoms with E-state index >= 15 is 0 Å². The van der Waals surface area contributed by atoms with Crippen LogP contribution in [0.1, 0.15) is 25.8 Å². The molecule has 3 N–H and O–H groups in total. The zero-order valence-corrected chi connectivity index (χ0v) is 14.7. The Balaban J connectivity index is 1.85. The highest BCUT2D eigenvalue weighted by Crippen LogP contribution is 2.21. The lowest BCUT2D eigenvalue weighted by Gasteiger charge is -2.34. The van der Waals surface area contributed by atoms with Crippen LogP contribution < -0.4 is 15.9 Å². The number of benzene rings is 1. The fourth-order valence-corrected chi connectivity index (χ4v) is 3.20. The number of para-hydroxylation sites is 1. The Kier molecular flexibility index (Phi) is 6.80. The average Bonchev–Trinajstić information content (AvgIpc) is 2.47. The number of hydrogen-bond donors (Lipinski definition) is 2. The molecule has 0 amide bonds. The fourth-order valence-electron chi connectivity index (χ4n) is 3.14. The summed E-state index contributed by atoms with van der Waals surface area (Å²) in [4.78, 5) is 2.49. The highest BCUT2D eigenvalue weighted by Gasteiger charge is 2.21. The summed E-state index contributed by atoms with van der Waals surface area (Å²) in [7, 11) is 0. The van der Waals surface area contributed by atoms with E-state index in [1.165, 1.54) is 6.42 Å². The normalized spacial score (nSPS) is 22.2. The van der Waals surface area contributed by atoms with Crippen molar-refractivity contribution in [3.8, 4) is 5.75 Å². The molecular weight excluding hydrogens is 308 g/mol. The van der Waals surface area contributed by atoms with Crippen molar-refractivity contribution < 1.29 is 4.74 Å². The maximum absolute atomic E-state index is 5.94. The molecule has 0 bridgehead atoms. The van der Waals surface area contributed by atoms with Gasteiger partial charge in [-0.1, -0.05) is 26.0 Å². The summed E-state index contributed by atoms with van der Waals surface area (Å²) in [6.07, 6.45) is 2.99. The second-order valence-electron chi connectivity index (χ2n) is 6.33. The molecule has 1 saturated heterocycles. The minimum atomic E-state index is 0.146. The Morgan fingerprint density at radius 1 is 1.39 bits per heavy atom. The molecule has 1 aliphatic heterocycles. The van der Waals surface area contributed by atoms with Gasteiger partial charge in [-0.25, -0.2) is 0 Å². The summed E-state index contributed by atoms with van der Waals surface area (Å²) < 4.78 is 5.94. The molecule has 2 rings (SSSR count). The molecule has 0 aliphatic carbocycles. The summed E-state index contributed by atoms with van der Waals surface area (Å²) in [5.41, 5.74) is 8.80. The van der Waals surface area contributed by atoms with Crippen LogP contribution >= 0.6 is 12.2 Å². The summed E-state index contributed by atoms with van der Waals surface area (Å²) in [5.74, 6) is 2.35. The minimum Gasteiger partial charge on any atom is -0.492 e. The minimum absolute atomic E-state index is 0.146. The zero-order chi connectivity index (χ0) is 16.7. The average molecular weight is 334 g/mol. The van der Waals surface area contributed by atoms with Crippen molar-refractivity contribution in [3.63, 3.8) is 0 Å². The lowest BCUT2D eigenvalue weighted by atomic mass is 9.92. The van der Waals surface area contributed by atoms with Crippen molar-refractivity contribution in [1.29, 1.82) is 0 Å². The number of hydrogen-bond acceptors (Lipinski definition) is 4. The van der Waals surface area contributed by atoms with Crippen LogP contribution in [-0.2, 0) is 0 Å². The van der Waals surface area contributed by atoms with Gasteiger partial charge in [0.25, 0.3) is 0 Å². The molecule has 1 fully saturated rings. The molecule has 6 heteroatoms. The Labute approximate surface area is 143 Å². The maximum atomic E-state index is 5.94. The molecule has 23 heavy (non-hydrogen) atoms. The van der Waals surface area contributed by atoms with Crippen molar-refractivity contribution in [3.05, 3.63) is 29.8 Å². The van der Waals surface area contributed by atoms with Crippen LogP contribution in [0.2, 0.25) is 0 Å². The van der Waals surface area contributed by atoms with E-state index < -0.39 is 0 Å². The number of likely N-dealkylation sites (tertiary alicyclic amines) is 1. The molecule has 1 heterocycles. The van der Waals surface area contributed by atoms with Crippen LogP contribution in [0.3, 0.4) is 0 Å². The molecule has 0 aromatic heterocycles. The molecule has 126 valence electrons. The molecule has 1 aliphatic rings. The third-order valence-corrected chi connectivity index (χ3v) is 4.00. The van der Waals surface area contributed by atoms with Crippen molar-refractivity contribution >= 4 is 23.5 Å². The van der Waals surface area contributed by atoms with Gasteiger partial charge in [0.1, 0.15) is 12.4 Å². The number of nitrogens with two attached hydrogens (primary N) is 1. The maximum Gasteiger partial charge on any atom is 0.184 e. The predicted molar refractivity (Wildman–Crippen MR) is 98.8 cm³/mol. The number of hydrazone groups is 1. The van der Waals surface area contributed by atoms with E-state index in [4.69, 9.17) is 22.7 Å². The van der Waals surface area contributed by atoms with Crippen LogP contribution in [-0.4, -0.2) is 42.5 Å². The third kappa shape index (κ3) is 6.15. The molecule has 2 atom stereocenters. The van der Waals surface area contributed by atoms with Crippen molar-refractivity contribution in [2.24, 2.45) is 22.7 Å². The largest absolute Gasteiger partial charge is 0.492 e. The Bertz CT molecular complexity index is 539. The fraction of sp³-hybridized carbons (Fsp3) is 0.529. The van der Waals surface area contributed by atoms with E-state index in [0.29, 0.717) is 6.61 Å². The van der Waals surface area contributed by atoms with E-state index in [1.807, 2.05) is 24.3 Å². The van der Waals surface area contributed by atoms with Crippen LogP contribution in [0.5, 0.6) is 5.75 Å². The second-order valence-corrected chi connectivity index (χ2v) is 6.77. The highest BCUT2D eigenvalue weighted by molar-refractivity contribution is 7.80. The van der Waals surface area contributed by atoms with Gasteiger partial charge < -0.3 is 10.5 Å². The number of thiocarbonyl (C=S) groups is 1. The van der Waals surface area contributed by atoms with E-state index in [1.54, 1.807) is 6.21 Å². The van der Waals surface area contributed by atoms with Crippen LogP contribution in [0.4, 0.5) is 0 Å². The first kappa shape index (κ1) is 17.7. The molecule has 0 saturated carbocycles. The van der Waals surface area contributed by atoms with Crippen LogP contribution in [0.15, 0.2) is 29.4 Å². The van der Waals surface area contributed by atoms with Gasteiger partial charge in [0.05, 0.1) is 6.21 Å². The van der Waals surface area contributed by atoms with Gasteiger partial charge in [-0.2, -0.15) is 5.10 Å². The van der Waals surface area contributed by atoms with E-state index in [-0.39, 0.29) is 5.11 Å². The van der Waals surface area contributed by atoms with E-state index in [2.05, 4.69) is 29.3 Å². The summed E-state index contributed by atoms with van der Waals surface area (Å²) in [6.45, 7) is 8.59. The van der Waals surface area contributed by atoms with Gasteiger partial charge in [-0.3, -0.25) is 10.3 Å². The Morgan fingerprint density at radius 2 is 2.09 bits per heavy atom. The summed E-state index contributed by atoms with van der Waals surface area (Å²) >= 11 is 4.72. The molecule has 0 radical (unpaired) electrons. The standard InChI is InChI=1S/C17H26N4OS/c1-13-9-14(2)12-21(11-13)7-8-22-16-6-4-3-5-15(16)10-19-20-17(18)23/h3-6,10,13-14H,7-9,11-12H2,1-2H3,(H3,18,20,23). The number of piperidine rings is 1. The summed E-state index contributed by atoms with van der Waals surface area (Å²) in [6, 6.07) is 7.80. The molecule has 5 nitrogen and oxygen atoms in total. The number of nitrogens with zero attached hydrogens (tertiary/aromatic N) is 2. The Morgan fingerprint density at radius 3 is 2.78 bits per heavy atom. The van der Waals surface area contributed by atoms with Gasteiger partial charge in [0.2, 0.25) is 0 Å². The van der Waals surface area contributed by atoms with Crippen molar-refractivity contribution in [1.82, 2.24) is 10.3 Å². The first-order valence-electron chi connectivity index (χ1n) is 8.07. The lowest BCUT2D eigenvalue weighted by Crippen LogP contribution is -2.40. The van der Waals surface area contributed by atoms with Crippen LogP contribution in [0.25, 0.3) is 0 Å². The van der Waals surface area contributed by atoms with Crippen LogP contribution in [0, 0.1) is 11.8 Å². The monoisotopic (exact) mass is 334 g/mol. The quantitative estimate of drug-likeness (QED) is 0.474. The number of ether oxygens (including phenoxy) is 1. The van der Waals surface area contributed by atoms with Gasteiger partial charge in [-0.05, 0) is 42.6 Å². The van der Waals surface area contributed by atoms with Gasteiger partial charge in [-0.15, -0.1) is 0 Å². The molecule has 1 aromatic rings. The first-order chi connectivity index (χ1) is 11.0. The van der Waals surface area contributed by atoms with Crippen molar-refractivity contribution in [2.45, 2.75) is 20.3 Å². The van der Waals surface area contributed by atoms with E-state index in [0.717, 1.165) is 42.8 Å². The topological polar surface area (TPSA) is 62.9 Å². The predicted octanol–water partition coefficient (Wildman–Crippen LogP) is 2.21. The second kappa shape index (κ2) is 8.84. The first-order valence-corrected chi connectivity index (χ1v) is 8.48. The van der Waals surface area contributed by atoms with Gasteiger partial charge >= 0.3 is 0 Å². The van der Waals surface area contributed by atoms with Gasteiger partial charge in [0, 0.05) is 25.2 Å². The zero-order valence-electron chi connectivity index (χ0n) is 13.9. The summed E-state index contributed by atoms with van der Waals surface area (Å²) in [5, 5.41) is 4.13. The molecule has 0 spiro atoms. The Hall–Kier alpha value is -1.66. The lowest BCUT2D eigenvalue weighted by molar-refractivity contribution is 0.120. The third-order valence-electron chi connectivity index (χ3n) is 3.91. The molecule has 2 unspecified atom stereocenters. The van der Waals surface area contributed by atoms with Gasteiger partial charge in [0.15, 0.2) is 5.11 Å². The molecule has 1 aromatic carbocycles. The van der Waals surface area contributed by atoms with E-state index in [9.17, 15) is 0 Å². The SMILES string of the molecule is CC1CC(C)CN(CCOc2ccccc2C=NNC(N)=S)C1. The number of nitrogens with one attached hydrogen (secondary N) is 1. The highest BCUT2D eigenvalue weighted by atomic mass is 32.1. The van der Waals surface area contributed by atoms with Crippen molar-refractivity contribution in [2.75, 3.05) is 26.2 Å². The molecular formula is C17H26N4OS. The number of rotatable bonds is 6. The smallest absolute Gasteiger partial charge is 0.184 e.